The van der Waals surface area contributed by atoms with Crippen LogP contribution in [0.4, 0.5) is 0 Å². The summed E-state index contributed by atoms with van der Waals surface area (Å²) in [6, 6.07) is 6.95. The summed E-state index contributed by atoms with van der Waals surface area (Å²) in [7, 11) is 0. The molecule has 0 saturated carbocycles. The average molecular weight is 258 g/mol. The van der Waals surface area contributed by atoms with Crippen LogP contribution in [0, 0.1) is 0 Å². The smallest absolute Gasteiger partial charge is 0.335 e. The van der Waals surface area contributed by atoms with Gasteiger partial charge in [0.05, 0.1) is 5.56 Å². The van der Waals surface area contributed by atoms with Gasteiger partial charge >= 0.3 is 5.97 Å². The zero-order chi connectivity index (χ0) is 14.0. The lowest BCUT2D eigenvalue weighted by Crippen LogP contribution is -2.19. The van der Waals surface area contributed by atoms with E-state index in [-0.39, 0.29) is 5.41 Å². The standard InChI is InChI=1S/C15H18N2O2/c1-15(2,3)14-16-8-9-17(14)10-11-4-6-12(7-5-11)13(18)19/h4-9H,10H2,1-3H3,(H,18,19). The molecule has 2 rings (SSSR count). The molecule has 1 N–H and O–H groups in total. The highest BCUT2D eigenvalue weighted by atomic mass is 16.4. The molecule has 0 atom stereocenters. The van der Waals surface area contributed by atoms with E-state index < -0.39 is 5.97 Å². The summed E-state index contributed by atoms with van der Waals surface area (Å²) in [6.07, 6.45) is 3.75. The first-order chi connectivity index (χ1) is 8.88. The van der Waals surface area contributed by atoms with Crippen LogP contribution in [0.3, 0.4) is 0 Å². The van der Waals surface area contributed by atoms with Crippen LogP contribution in [-0.4, -0.2) is 20.6 Å². The van der Waals surface area contributed by atoms with Crippen molar-refractivity contribution >= 4 is 5.97 Å². The van der Waals surface area contributed by atoms with E-state index in [4.69, 9.17) is 5.11 Å². The van der Waals surface area contributed by atoms with Gasteiger partial charge in [0, 0.05) is 24.4 Å². The van der Waals surface area contributed by atoms with E-state index in [0.29, 0.717) is 12.1 Å². The van der Waals surface area contributed by atoms with E-state index >= 15 is 0 Å². The lowest BCUT2D eigenvalue weighted by Gasteiger charge is -2.19. The molecule has 1 aromatic carbocycles. The number of rotatable bonds is 3. The molecule has 19 heavy (non-hydrogen) atoms. The highest BCUT2D eigenvalue weighted by molar-refractivity contribution is 5.87. The Bertz CT molecular complexity index is 577. The third-order valence-corrected chi connectivity index (χ3v) is 2.94. The first-order valence-corrected chi connectivity index (χ1v) is 6.22. The van der Waals surface area contributed by atoms with Crippen LogP contribution in [0.15, 0.2) is 36.7 Å². The van der Waals surface area contributed by atoms with Crippen molar-refractivity contribution in [2.24, 2.45) is 0 Å². The maximum Gasteiger partial charge on any atom is 0.335 e. The fourth-order valence-corrected chi connectivity index (χ4v) is 2.03. The van der Waals surface area contributed by atoms with E-state index in [0.717, 1.165) is 11.4 Å². The molecule has 4 nitrogen and oxygen atoms in total. The Kier molecular flexibility index (Phi) is 3.42. The van der Waals surface area contributed by atoms with Gasteiger partial charge in [-0.05, 0) is 17.7 Å². The number of hydrogen-bond acceptors (Lipinski definition) is 2. The quantitative estimate of drug-likeness (QED) is 0.921. The zero-order valence-corrected chi connectivity index (χ0v) is 11.4. The van der Waals surface area contributed by atoms with Crippen molar-refractivity contribution in [3.63, 3.8) is 0 Å². The Balaban J connectivity index is 2.22. The number of carboxylic acids is 1. The van der Waals surface area contributed by atoms with Crippen molar-refractivity contribution < 1.29 is 9.90 Å². The number of imidazole rings is 1. The largest absolute Gasteiger partial charge is 0.478 e. The molecule has 0 aliphatic heterocycles. The average Bonchev–Trinajstić information content (AvgIpc) is 2.77. The molecule has 0 spiro atoms. The molecule has 0 aliphatic rings. The number of nitrogens with zero attached hydrogens (tertiary/aromatic N) is 2. The van der Waals surface area contributed by atoms with Crippen molar-refractivity contribution in [2.75, 3.05) is 0 Å². The van der Waals surface area contributed by atoms with Crippen LogP contribution < -0.4 is 0 Å². The third kappa shape index (κ3) is 3.02. The van der Waals surface area contributed by atoms with E-state index in [2.05, 4.69) is 30.3 Å². The van der Waals surface area contributed by atoms with E-state index in [9.17, 15) is 4.79 Å². The SMILES string of the molecule is CC(C)(C)c1nccn1Cc1ccc(C(=O)O)cc1. The summed E-state index contributed by atoms with van der Waals surface area (Å²) >= 11 is 0. The minimum Gasteiger partial charge on any atom is -0.478 e. The van der Waals surface area contributed by atoms with Crippen molar-refractivity contribution in [1.29, 1.82) is 0 Å². The van der Waals surface area contributed by atoms with Gasteiger partial charge in [-0.15, -0.1) is 0 Å². The van der Waals surface area contributed by atoms with Gasteiger partial charge in [0.2, 0.25) is 0 Å². The first-order valence-electron chi connectivity index (χ1n) is 6.22. The van der Waals surface area contributed by atoms with E-state index in [1.807, 2.05) is 18.3 Å². The van der Waals surface area contributed by atoms with Crippen LogP contribution in [0.1, 0.15) is 42.5 Å². The topological polar surface area (TPSA) is 55.1 Å². The van der Waals surface area contributed by atoms with Gasteiger partial charge < -0.3 is 9.67 Å². The maximum absolute atomic E-state index is 10.8. The summed E-state index contributed by atoms with van der Waals surface area (Å²) in [5, 5.41) is 8.87. The monoisotopic (exact) mass is 258 g/mol. The molecular weight excluding hydrogens is 240 g/mol. The third-order valence-electron chi connectivity index (χ3n) is 2.94. The molecule has 0 unspecified atom stereocenters. The molecular formula is C15H18N2O2. The van der Waals surface area contributed by atoms with Gasteiger partial charge in [-0.1, -0.05) is 32.9 Å². The molecule has 4 heteroatoms. The second-order valence-corrected chi connectivity index (χ2v) is 5.63. The predicted octanol–water partition coefficient (Wildman–Crippen LogP) is 2.93. The summed E-state index contributed by atoms with van der Waals surface area (Å²) in [6.45, 7) is 7.07. The van der Waals surface area contributed by atoms with Crippen LogP contribution in [0.25, 0.3) is 0 Å². The molecule has 1 heterocycles. The Morgan fingerprint density at radius 3 is 2.42 bits per heavy atom. The molecule has 0 fully saturated rings. The molecule has 0 bridgehead atoms. The molecule has 0 amide bonds. The maximum atomic E-state index is 10.8. The van der Waals surface area contributed by atoms with Gasteiger partial charge in [-0.2, -0.15) is 0 Å². The second kappa shape index (κ2) is 4.88. The Labute approximate surface area is 112 Å². The fraction of sp³-hybridized carbons (Fsp3) is 0.333. The van der Waals surface area contributed by atoms with Crippen LogP contribution >= 0.6 is 0 Å². The van der Waals surface area contributed by atoms with Crippen molar-refractivity contribution in [3.05, 3.63) is 53.6 Å². The van der Waals surface area contributed by atoms with Crippen molar-refractivity contribution in [2.45, 2.75) is 32.7 Å². The van der Waals surface area contributed by atoms with Crippen LogP contribution in [0.2, 0.25) is 0 Å². The minimum absolute atomic E-state index is 0.00942. The normalized spacial score (nSPS) is 11.5. The van der Waals surface area contributed by atoms with Gasteiger partial charge in [0.15, 0.2) is 0 Å². The predicted molar refractivity (Wildman–Crippen MR) is 73.4 cm³/mol. The highest BCUT2D eigenvalue weighted by Crippen LogP contribution is 2.21. The zero-order valence-electron chi connectivity index (χ0n) is 11.4. The summed E-state index contributed by atoms with van der Waals surface area (Å²) in [5.74, 6) is 0.124. The van der Waals surface area contributed by atoms with Gasteiger partial charge in [-0.25, -0.2) is 9.78 Å². The molecule has 1 aromatic heterocycles. The summed E-state index contributed by atoms with van der Waals surface area (Å²) in [5.41, 5.74) is 1.36. The van der Waals surface area contributed by atoms with Crippen molar-refractivity contribution in [1.82, 2.24) is 9.55 Å². The number of benzene rings is 1. The number of carbonyl (C=O) groups is 1. The molecule has 0 radical (unpaired) electrons. The first kappa shape index (κ1) is 13.3. The van der Waals surface area contributed by atoms with Gasteiger partial charge in [-0.3, -0.25) is 0 Å². The van der Waals surface area contributed by atoms with E-state index in [1.165, 1.54) is 0 Å². The lowest BCUT2D eigenvalue weighted by molar-refractivity contribution is 0.0697. The Morgan fingerprint density at radius 1 is 1.26 bits per heavy atom. The number of aromatic carboxylic acids is 1. The minimum atomic E-state index is -0.899. The highest BCUT2D eigenvalue weighted by Gasteiger charge is 2.19. The number of hydrogen-bond donors (Lipinski definition) is 1. The summed E-state index contributed by atoms with van der Waals surface area (Å²) in [4.78, 5) is 15.2. The van der Waals surface area contributed by atoms with Gasteiger partial charge in [0.1, 0.15) is 5.82 Å². The summed E-state index contributed by atoms with van der Waals surface area (Å²) < 4.78 is 2.09. The number of aromatic nitrogens is 2. The Hall–Kier alpha value is -2.10. The van der Waals surface area contributed by atoms with Gasteiger partial charge in [0.25, 0.3) is 0 Å². The number of carboxylic acid groups (broad SMARTS) is 1. The van der Waals surface area contributed by atoms with Crippen LogP contribution in [0.5, 0.6) is 0 Å². The molecule has 0 aliphatic carbocycles. The molecule has 100 valence electrons. The second-order valence-electron chi connectivity index (χ2n) is 5.63. The Morgan fingerprint density at radius 2 is 1.89 bits per heavy atom. The van der Waals surface area contributed by atoms with Crippen LogP contribution in [-0.2, 0) is 12.0 Å². The fourth-order valence-electron chi connectivity index (χ4n) is 2.03. The molecule has 0 saturated heterocycles. The molecule has 2 aromatic rings. The lowest BCUT2D eigenvalue weighted by atomic mass is 9.95. The van der Waals surface area contributed by atoms with E-state index in [1.54, 1.807) is 18.3 Å². The van der Waals surface area contributed by atoms with Crippen molar-refractivity contribution in [3.8, 4) is 0 Å².